The fourth-order valence-electron chi connectivity index (χ4n) is 3.60. The maximum Gasteiger partial charge on any atom is 0.244 e. The van der Waals surface area contributed by atoms with Crippen LogP contribution in [0.2, 0.25) is 0 Å². The first kappa shape index (κ1) is 26.4. The largest absolute Gasteiger partial charge is 0.354 e. The molecule has 8 heteroatoms. The van der Waals surface area contributed by atoms with Gasteiger partial charge in [0.15, 0.2) is 0 Å². The van der Waals surface area contributed by atoms with E-state index in [9.17, 15) is 18.0 Å². The summed E-state index contributed by atoms with van der Waals surface area (Å²) in [6.45, 7) is 6.23. The minimum atomic E-state index is -3.71. The molecule has 0 unspecified atom stereocenters. The number of aryl methyl sites for hydroxylation is 1. The number of hydrogen-bond donors (Lipinski definition) is 1. The third-order valence-corrected chi connectivity index (χ3v) is 6.68. The van der Waals surface area contributed by atoms with E-state index in [0.29, 0.717) is 18.7 Å². The fourth-order valence-corrected chi connectivity index (χ4v) is 4.45. The molecule has 0 bridgehead atoms. The zero-order valence-electron chi connectivity index (χ0n) is 20.0. The lowest BCUT2D eigenvalue weighted by molar-refractivity contribution is -0.140. The molecule has 7 nitrogen and oxygen atoms in total. The molecule has 0 aliphatic carbocycles. The summed E-state index contributed by atoms with van der Waals surface area (Å²) in [5.74, 6) is -0.650. The van der Waals surface area contributed by atoms with Crippen molar-refractivity contribution in [1.82, 2.24) is 10.2 Å². The van der Waals surface area contributed by atoms with Crippen LogP contribution in [0.1, 0.15) is 44.2 Å². The summed E-state index contributed by atoms with van der Waals surface area (Å²) in [6.07, 6.45) is 3.29. The number of amides is 2. The molecule has 2 rings (SSSR count). The van der Waals surface area contributed by atoms with Crippen LogP contribution in [0.25, 0.3) is 0 Å². The summed E-state index contributed by atoms with van der Waals surface area (Å²) < 4.78 is 26.1. The quantitative estimate of drug-likeness (QED) is 0.478. The molecule has 180 valence electrons. The van der Waals surface area contributed by atoms with Crippen molar-refractivity contribution in [3.8, 4) is 0 Å². The predicted molar refractivity (Wildman–Crippen MR) is 132 cm³/mol. The molecule has 0 fully saturated rings. The smallest absolute Gasteiger partial charge is 0.244 e. The molecule has 2 aromatic rings. The average molecular weight is 474 g/mol. The molecule has 33 heavy (non-hydrogen) atoms. The van der Waals surface area contributed by atoms with Crippen molar-refractivity contribution in [3.63, 3.8) is 0 Å². The molecule has 2 aromatic carbocycles. The Kier molecular flexibility index (Phi) is 9.91. The number of benzene rings is 2. The number of carbonyl (C=O) groups excluding carboxylic acids is 2. The Morgan fingerprint density at radius 2 is 1.64 bits per heavy atom. The van der Waals surface area contributed by atoms with Crippen molar-refractivity contribution >= 4 is 27.5 Å². The van der Waals surface area contributed by atoms with Crippen LogP contribution in [-0.2, 0) is 26.2 Å². The number of nitrogens with one attached hydrogen (secondary N) is 1. The van der Waals surface area contributed by atoms with E-state index in [2.05, 4.69) is 5.32 Å². The SMILES string of the molecule is CCCCNC(=O)[C@H](CC)N(Cc1ccccc1C)C(=O)CN(c1ccccc1)S(C)(=O)=O. The van der Waals surface area contributed by atoms with E-state index < -0.39 is 22.0 Å². The van der Waals surface area contributed by atoms with Crippen molar-refractivity contribution in [2.75, 3.05) is 23.7 Å². The summed E-state index contributed by atoms with van der Waals surface area (Å²) in [4.78, 5) is 28.1. The number of unbranched alkanes of at least 4 members (excludes halogenated alkanes) is 1. The van der Waals surface area contributed by atoms with Crippen molar-refractivity contribution in [2.45, 2.75) is 52.6 Å². The van der Waals surface area contributed by atoms with Gasteiger partial charge in [-0.15, -0.1) is 0 Å². The van der Waals surface area contributed by atoms with Crippen molar-refractivity contribution in [3.05, 3.63) is 65.7 Å². The number of nitrogens with zero attached hydrogens (tertiary/aromatic N) is 2. The van der Waals surface area contributed by atoms with Gasteiger partial charge in [0.1, 0.15) is 12.6 Å². The molecule has 1 N–H and O–H groups in total. The van der Waals surface area contributed by atoms with E-state index in [4.69, 9.17) is 0 Å². The topological polar surface area (TPSA) is 86.8 Å². The van der Waals surface area contributed by atoms with Gasteiger partial charge in [-0.3, -0.25) is 13.9 Å². The lowest BCUT2D eigenvalue weighted by atomic mass is 10.1. The predicted octanol–water partition coefficient (Wildman–Crippen LogP) is 3.48. The Hall–Kier alpha value is -2.87. The highest BCUT2D eigenvalue weighted by Crippen LogP contribution is 2.20. The lowest BCUT2D eigenvalue weighted by Gasteiger charge is -2.33. The summed E-state index contributed by atoms with van der Waals surface area (Å²) >= 11 is 0. The summed E-state index contributed by atoms with van der Waals surface area (Å²) in [6, 6.07) is 15.5. The van der Waals surface area contributed by atoms with E-state index in [1.54, 1.807) is 30.3 Å². The third-order valence-electron chi connectivity index (χ3n) is 5.54. The molecular weight excluding hydrogens is 438 g/mol. The van der Waals surface area contributed by atoms with Crippen LogP contribution in [0.4, 0.5) is 5.69 Å². The third kappa shape index (κ3) is 7.60. The molecule has 0 heterocycles. The minimum absolute atomic E-state index is 0.220. The number of hydrogen-bond acceptors (Lipinski definition) is 4. The van der Waals surface area contributed by atoms with Gasteiger partial charge < -0.3 is 10.2 Å². The van der Waals surface area contributed by atoms with Gasteiger partial charge in [-0.05, 0) is 43.0 Å². The van der Waals surface area contributed by atoms with E-state index >= 15 is 0 Å². The Morgan fingerprint density at radius 1 is 1.00 bits per heavy atom. The molecular formula is C25H35N3O4S. The molecule has 0 saturated carbocycles. The van der Waals surface area contributed by atoms with E-state index in [1.165, 1.54) is 4.90 Å². The minimum Gasteiger partial charge on any atom is -0.354 e. The highest BCUT2D eigenvalue weighted by atomic mass is 32.2. The first-order valence-electron chi connectivity index (χ1n) is 11.3. The second-order valence-electron chi connectivity index (χ2n) is 8.12. The summed E-state index contributed by atoms with van der Waals surface area (Å²) in [5, 5.41) is 2.92. The molecule has 0 aromatic heterocycles. The number of carbonyl (C=O) groups is 2. The Bertz CT molecular complexity index is 1020. The van der Waals surface area contributed by atoms with Crippen LogP contribution in [0, 0.1) is 6.92 Å². The Morgan fingerprint density at radius 3 is 2.21 bits per heavy atom. The number of rotatable bonds is 12. The maximum absolute atomic E-state index is 13.6. The van der Waals surface area contributed by atoms with Gasteiger partial charge >= 0.3 is 0 Å². The van der Waals surface area contributed by atoms with Crippen LogP contribution in [-0.4, -0.2) is 50.5 Å². The Labute approximate surface area is 197 Å². The van der Waals surface area contributed by atoms with Crippen LogP contribution in [0.3, 0.4) is 0 Å². The lowest BCUT2D eigenvalue weighted by Crippen LogP contribution is -2.52. The highest BCUT2D eigenvalue weighted by molar-refractivity contribution is 7.92. The Balaban J connectivity index is 2.38. The van der Waals surface area contributed by atoms with Gasteiger partial charge in [-0.1, -0.05) is 62.7 Å². The summed E-state index contributed by atoms with van der Waals surface area (Å²) in [5.41, 5.74) is 2.32. The van der Waals surface area contributed by atoms with E-state index in [1.807, 2.05) is 45.0 Å². The number of anilines is 1. The first-order chi connectivity index (χ1) is 15.7. The average Bonchev–Trinajstić information content (AvgIpc) is 2.78. The van der Waals surface area contributed by atoms with Crippen LogP contribution in [0.5, 0.6) is 0 Å². The summed E-state index contributed by atoms with van der Waals surface area (Å²) in [7, 11) is -3.71. The molecule has 0 saturated heterocycles. The monoisotopic (exact) mass is 473 g/mol. The molecule has 0 radical (unpaired) electrons. The second-order valence-corrected chi connectivity index (χ2v) is 10.0. The van der Waals surface area contributed by atoms with Crippen LogP contribution < -0.4 is 9.62 Å². The zero-order valence-corrected chi connectivity index (χ0v) is 20.8. The number of para-hydroxylation sites is 1. The molecule has 0 aliphatic heterocycles. The van der Waals surface area contributed by atoms with Crippen LogP contribution >= 0.6 is 0 Å². The van der Waals surface area contributed by atoms with Gasteiger partial charge in [-0.25, -0.2) is 8.42 Å². The highest BCUT2D eigenvalue weighted by Gasteiger charge is 2.31. The van der Waals surface area contributed by atoms with Gasteiger partial charge in [0.05, 0.1) is 11.9 Å². The fraction of sp³-hybridized carbons (Fsp3) is 0.440. The van der Waals surface area contributed by atoms with Gasteiger partial charge in [0.2, 0.25) is 21.8 Å². The van der Waals surface area contributed by atoms with Crippen molar-refractivity contribution in [2.24, 2.45) is 0 Å². The first-order valence-corrected chi connectivity index (χ1v) is 13.2. The van der Waals surface area contributed by atoms with E-state index in [0.717, 1.165) is 34.5 Å². The molecule has 0 spiro atoms. The van der Waals surface area contributed by atoms with E-state index in [-0.39, 0.29) is 19.0 Å². The van der Waals surface area contributed by atoms with Crippen molar-refractivity contribution in [1.29, 1.82) is 0 Å². The zero-order chi connectivity index (χ0) is 24.4. The normalized spacial score (nSPS) is 12.1. The maximum atomic E-state index is 13.6. The molecule has 1 atom stereocenters. The number of sulfonamides is 1. The molecule has 2 amide bonds. The van der Waals surface area contributed by atoms with Crippen LogP contribution in [0.15, 0.2) is 54.6 Å². The van der Waals surface area contributed by atoms with Crippen molar-refractivity contribution < 1.29 is 18.0 Å². The second kappa shape index (κ2) is 12.4. The van der Waals surface area contributed by atoms with Gasteiger partial charge in [-0.2, -0.15) is 0 Å². The van der Waals surface area contributed by atoms with Gasteiger partial charge in [0.25, 0.3) is 0 Å². The standard InChI is InChI=1S/C25H35N3O4S/c1-5-7-17-26-25(30)23(6-2)27(18-21-14-12-11-13-20(21)3)24(29)19-28(33(4,31)32)22-15-9-8-10-16-22/h8-16,23H,5-7,17-19H2,1-4H3,(H,26,30)/t23-/m0/s1. The molecule has 0 aliphatic rings. The van der Waals surface area contributed by atoms with Gasteiger partial charge in [0, 0.05) is 13.1 Å².